The molecule has 112 valence electrons. The summed E-state index contributed by atoms with van der Waals surface area (Å²) in [4.78, 5) is 16.1. The zero-order valence-electron chi connectivity index (χ0n) is 13.5. The third-order valence-electron chi connectivity index (χ3n) is 3.27. The van der Waals surface area contributed by atoms with Crippen molar-refractivity contribution in [2.24, 2.45) is 0 Å². The second-order valence-electron chi connectivity index (χ2n) is 5.73. The Morgan fingerprint density at radius 2 is 1.90 bits per heavy atom. The van der Waals surface area contributed by atoms with Crippen LogP contribution in [-0.2, 0) is 4.79 Å². The summed E-state index contributed by atoms with van der Waals surface area (Å²) in [7, 11) is 0. The molecular weight excluding hydrogens is 250 g/mol. The first kappa shape index (κ1) is 16.6. The maximum atomic E-state index is 11.6. The van der Waals surface area contributed by atoms with E-state index in [4.69, 9.17) is 0 Å². The van der Waals surface area contributed by atoms with Crippen molar-refractivity contribution >= 4 is 5.91 Å². The number of hydrogen-bond acceptors (Lipinski definition) is 3. The summed E-state index contributed by atoms with van der Waals surface area (Å²) in [6.45, 7) is 12.9. The van der Waals surface area contributed by atoms with Gasteiger partial charge in [0, 0.05) is 36.4 Å². The van der Waals surface area contributed by atoms with Crippen LogP contribution in [0.1, 0.15) is 55.7 Å². The van der Waals surface area contributed by atoms with Crippen molar-refractivity contribution in [2.45, 2.75) is 60.0 Å². The molecule has 0 fully saturated rings. The molecule has 20 heavy (non-hydrogen) atoms. The van der Waals surface area contributed by atoms with Gasteiger partial charge in [-0.2, -0.15) is 0 Å². The first-order valence-corrected chi connectivity index (χ1v) is 7.28. The lowest BCUT2D eigenvalue weighted by Gasteiger charge is -2.19. The Labute approximate surface area is 122 Å². The molecule has 4 nitrogen and oxygen atoms in total. The monoisotopic (exact) mass is 277 g/mol. The van der Waals surface area contributed by atoms with Crippen molar-refractivity contribution in [1.29, 1.82) is 0 Å². The Kier molecular flexibility index (Phi) is 6.14. The maximum absolute atomic E-state index is 11.6. The van der Waals surface area contributed by atoms with Crippen molar-refractivity contribution in [3.05, 3.63) is 28.6 Å². The molecule has 0 bridgehead atoms. The highest BCUT2D eigenvalue weighted by molar-refractivity contribution is 5.76. The molecule has 1 amide bonds. The van der Waals surface area contributed by atoms with Crippen LogP contribution in [-0.4, -0.2) is 23.5 Å². The number of hydrogen-bond donors (Lipinski definition) is 2. The van der Waals surface area contributed by atoms with Crippen LogP contribution in [0.15, 0.2) is 6.07 Å². The molecule has 1 aromatic rings. The van der Waals surface area contributed by atoms with Gasteiger partial charge in [-0.05, 0) is 58.7 Å². The summed E-state index contributed by atoms with van der Waals surface area (Å²) >= 11 is 0. The molecule has 2 N–H and O–H groups in total. The number of pyridine rings is 1. The van der Waals surface area contributed by atoms with E-state index in [9.17, 15) is 4.79 Å². The van der Waals surface area contributed by atoms with Crippen LogP contribution < -0.4 is 10.6 Å². The topological polar surface area (TPSA) is 54.0 Å². The molecule has 0 spiro atoms. The number of rotatable bonds is 6. The quantitative estimate of drug-likeness (QED) is 0.840. The number of nitrogens with one attached hydrogen (secondary N) is 2. The van der Waals surface area contributed by atoms with Crippen molar-refractivity contribution in [2.75, 3.05) is 6.54 Å². The predicted octanol–water partition coefficient (Wildman–Crippen LogP) is 2.57. The second-order valence-corrected chi connectivity index (χ2v) is 5.73. The van der Waals surface area contributed by atoms with Gasteiger partial charge in [-0.15, -0.1) is 0 Å². The maximum Gasteiger partial charge on any atom is 0.221 e. The lowest BCUT2D eigenvalue weighted by Crippen LogP contribution is -2.33. The van der Waals surface area contributed by atoms with Crippen LogP contribution in [0, 0.1) is 20.8 Å². The minimum Gasteiger partial charge on any atom is -0.354 e. The highest BCUT2D eigenvalue weighted by atomic mass is 16.1. The van der Waals surface area contributed by atoms with Gasteiger partial charge in [-0.25, -0.2) is 0 Å². The van der Waals surface area contributed by atoms with Crippen LogP contribution in [0.25, 0.3) is 0 Å². The molecule has 1 aromatic heterocycles. The van der Waals surface area contributed by atoms with E-state index in [-0.39, 0.29) is 18.0 Å². The van der Waals surface area contributed by atoms with Crippen molar-refractivity contribution in [3.63, 3.8) is 0 Å². The zero-order valence-corrected chi connectivity index (χ0v) is 13.5. The Morgan fingerprint density at radius 1 is 1.25 bits per heavy atom. The average Bonchev–Trinajstić information content (AvgIpc) is 2.25. The van der Waals surface area contributed by atoms with Crippen molar-refractivity contribution in [3.8, 4) is 0 Å². The molecule has 1 rings (SSSR count). The summed E-state index contributed by atoms with van der Waals surface area (Å²) in [6, 6.07) is 2.51. The third kappa shape index (κ3) is 4.93. The highest BCUT2D eigenvalue weighted by Crippen LogP contribution is 2.20. The van der Waals surface area contributed by atoms with E-state index in [0.29, 0.717) is 13.0 Å². The Balaban J connectivity index is 2.56. The van der Waals surface area contributed by atoms with Crippen molar-refractivity contribution < 1.29 is 4.79 Å². The Bertz CT molecular complexity index is 446. The van der Waals surface area contributed by atoms with E-state index in [1.807, 2.05) is 27.7 Å². The fourth-order valence-corrected chi connectivity index (χ4v) is 2.59. The molecule has 1 unspecified atom stereocenters. The van der Waals surface area contributed by atoms with Gasteiger partial charge in [-0.1, -0.05) is 0 Å². The van der Waals surface area contributed by atoms with Gasteiger partial charge < -0.3 is 10.6 Å². The van der Waals surface area contributed by atoms with Gasteiger partial charge in [0.2, 0.25) is 5.91 Å². The standard InChI is InChI=1S/C16H27N3O/c1-10(2)18-15(20)7-8-17-13(5)16-11(3)9-12(4)19-14(16)6/h9-10,13,17H,7-8H2,1-6H3,(H,18,20). The summed E-state index contributed by atoms with van der Waals surface area (Å²) in [5.41, 5.74) is 4.60. The third-order valence-corrected chi connectivity index (χ3v) is 3.27. The summed E-state index contributed by atoms with van der Waals surface area (Å²) in [5, 5.41) is 6.30. The molecule has 0 saturated heterocycles. The van der Waals surface area contributed by atoms with Gasteiger partial charge in [-0.3, -0.25) is 9.78 Å². The van der Waals surface area contributed by atoms with Gasteiger partial charge in [0.25, 0.3) is 0 Å². The highest BCUT2D eigenvalue weighted by Gasteiger charge is 2.13. The summed E-state index contributed by atoms with van der Waals surface area (Å²) in [5.74, 6) is 0.0928. The van der Waals surface area contributed by atoms with E-state index in [1.165, 1.54) is 11.1 Å². The number of nitrogens with zero attached hydrogens (tertiary/aromatic N) is 1. The van der Waals surface area contributed by atoms with E-state index < -0.39 is 0 Å². The molecule has 0 radical (unpaired) electrons. The normalized spacial score (nSPS) is 12.6. The second kappa shape index (κ2) is 7.39. The van der Waals surface area contributed by atoms with Gasteiger partial charge in [0.1, 0.15) is 0 Å². The van der Waals surface area contributed by atoms with Gasteiger partial charge in [0.15, 0.2) is 0 Å². The number of aromatic nitrogens is 1. The van der Waals surface area contributed by atoms with E-state index >= 15 is 0 Å². The first-order chi connectivity index (χ1) is 9.31. The van der Waals surface area contributed by atoms with Crippen LogP contribution in [0.4, 0.5) is 0 Å². The predicted molar refractivity (Wildman–Crippen MR) is 82.8 cm³/mol. The van der Waals surface area contributed by atoms with Crippen LogP contribution >= 0.6 is 0 Å². The van der Waals surface area contributed by atoms with E-state index in [2.05, 4.69) is 35.5 Å². The molecular formula is C16H27N3O. The van der Waals surface area contributed by atoms with E-state index in [0.717, 1.165) is 11.4 Å². The Hall–Kier alpha value is -1.42. The molecule has 0 saturated carbocycles. The Morgan fingerprint density at radius 3 is 2.45 bits per heavy atom. The molecule has 0 aliphatic carbocycles. The molecule has 1 atom stereocenters. The number of carbonyl (C=O) groups excluding carboxylic acids is 1. The lowest BCUT2D eigenvalue weighted by molar-refractivity contribution is -0.121. The molecule has 0 aliphatic heterocycles. The largest absolute Gasteiger partial charge is 0.354 e. The SMILES string of the molecule is Cc1cc(C)c(C(C)NCCC(=O)NC(C)C)c(C)n1. The average molecular weight is 277 g/mol. The van der Waals surface area contributed by atoms with Gasteiger partial charge >= 0.3 is 0 Å². The molecule has 4 heteroatoms. The molecule has 0 aliphatic rings. The summed E-state index contributed by atoms with van der Waals surface area (Å²) < 4.78 is 0. The van der Waals surface area contributed by atoms with E-state index in [1.54, 1.807) is 0 Å². The minimum atomic E-state index is 0.0928. The fraction of sp³-hybridized carbons (Fsp3) is 0.625. The number of carbonyl (C=O) groups is 1. The van der Waals surface area contributed by atoms with Crippen LogP contribution in [0.3, 0.4) is 0 Å². The van der Waals surface area contributed by atoms with Gasteiger partial charge in [0.05, 0.1) is 0 Å². The van der Waals surface area contributed by atoms with Crippen LogP contribution in [0.5, 0.6) is 0 Å². The summed E-state index contributed by atoms with van der Waals surface area (Å²) in [6.07, 6.45) is 0.500. The lowest BCUT2D eigenvalue weighted by atomic mass is 10.0. The minimum absolute atomic E-state index is 0.0928. The first-order valence-electron chi connectivity index (χ1n) is 7.28. The molecule has 1 heterocycles. The fourth-order valence-electron chi connectivity index (χ4n) is 2.59. The van der Waals surface area contributed by atoms with Crippen LogP contribution in [0.2, 0.25) is 0 Å². The number of aryl methyl sites for hydroxylation is 3. The number of amides is 1. The smallest absolute Gasteiger partial charge is 0.221 e. The molecule has 0 aromatic carbocycles. The van der Waals surface area contributed by atoms with Crippen molar-refractivity contribution in [1.82, 2.24) is 15.6 Å². The zero-order chi connectivity index (χ0) is 15.3.